The first-order valence-electron chi connectivity index (χ1n) is 8.79. The Kier molecular flexibility index (Phi) is 5.28. The fraction of sp³-hybridized carbons (Fsp3) is 0.381. The molecule has 2 atom stereocenters. The Hall–Kier alpha value is -2.01. The van der Waals surface area contributed by atoms with Gasteiger partial charge in [-0.25, -0.2) is 0 Å². The van der Waals surface area contributed by atoms with E-state index in [1.165, 1.54) is 6.92 Å². The summed E-state index contributed by atoms with van der Waals surface area (Å²) in [7, 11) is 0. The van der Waals surface area contributed by atoms with Crippen molar-refractivity contribution >= 4 is 27.6 Å². The quantitative estimate of drug-likeness (QED) is 0.653. The number of rotatable bonds is 4. The Morgan fingerprint density at radius 3 is 2.50 bits per heavy atom. The SMILES string of the molecule is CCOc1ccc2c(c1)[C@@H](OC(C)=O)C(C)(C)[C@@H](c1ccc(Br)cc1)N2. The van der Waals surface area contributed by atoms with Crippen molar-refractivity contribution in [1.82, 2.24) is 0 Å². The van der Waals surface area contributed by atoms with E-state index in [9.17, 15) is 4.79 Å². The highest BCUT2D eigenvalue weighted by molar-refractivity contribution is 9.10. The zero-order valence-electron chi connectivity index (χ0n) is 15.5. The lowest BCUT2D eigenvalue weighted by Gasteiger charge is -2.46. The van der Waals surface area contributed by atoms with Gasteiger partial charge >= 0.3 is 5.97 Å². The zero-order chi connectivity index (χ0) is 18.9. The maximum Gasteiger partial charge on any atom is 0.303 e. The minimum absolute atomic E-state index is 0.00499. The number of ether oxygens (including phenoxy) is 2. The van der Waals surface area contributed by atoms with Gasteiger partial charge in [0.25, 0.3) is 0 Å². The van der Waals surface area contributed by atoms with Gasteiger partial charge in [0.15, 0.2) is 0 Å². The Bertz CT molecular complexity index is 801. The van der Waals surface area contributed by atoms with E-state index in [-0.39, 0.29) is 23.5 Å². The number of hydrogen-bond donors (Lipinski definition) is 1. The van der Waals surface area contributed by atoms with Gasteiger partial charge in [0, 0.05) is 28.1 Å². The molecule has 0 fully saturated rings. The van der Waals surface area contributed by atoms with E-state index in [0.717, 1.165) is 27.0 Å². The molecule has 2 aromatic carbocycles. The average molecular weight is 418 g/mol. The number of benzene rings is 2. The van der Waals surface area contributed by atoms with E-state index in [0.29, 0.717) is 6.61 Å². The highest BCUT2D eigenvalue weighted by Gasteiger charge is 2.46. The van der Waals surface area contributed by atoms with Crippen LogP contribution >= 0.6 is 15.9 Å². The Labute approximate surface area is 163 Å². The molecular weight excluding hydrogens is 394 g/mol. The van der Waals surface area contributed by atoms with Crippen LogP contribution in [0.2, 0.25) is 0 Å². The first kappa shape index (κ1) is 18.8. The molecule has 3 rings (SSSR count). The summed E-state index contributed by atoms with van der Waals surface area (Å²) in [5.41, 5.74) is 2.71. The van der Waals surface area contributed by atoms with Crippen molar-refractivity contribution in [3.63, 3.8) is 0 Å². The third-order valence-electron chi connectivity index (χ3n) is 4.82. The van der Waals surface area contributed by atoms with Gasteiger partial charge in [0.2, 0.25) is 0 Å². The van der Waals surface area contributed by atoms with Crippen molar-refractivity contribution in [1.29, 1.82) is 0 Å². The number of hydrogen-bond acceptors (Lipinski definition) is 4. The molecule has 5 heteroatoms. The van der Waals surface area contributed by atoms with Crippen LogP contribution in [0.1, 0.15) is 51.0 Å². The largest absolute Gasteiger partial charge is 0.494 e. The number of carbonyl (C=O) groups is 1. The monoisotopic (exact) mass is 417 g/mol. The van der Waals surface area contributed by atoms with Gasteiger partial charge < -0.3 is 14.8 Å². The molecule has 0 aromatic heterocycles. The van der Waals surface area contributed by atoms with Crippen molar-refractivity contribution in [2.24, 2.45) is 5.41 Å². The van der Waals surface area contributed by atoms with Crippen LogP contribution in [0.25, 0.3) is 0 Å². The molecule has 0 radical (unpaired) electrons. The van der Waals surface area contributed by atoms with Crippen LogP contribution in [0.5, 0.6) is 5.75 Å². The number of nitrogens with one attached hydrogen (secondary N) is 1. The molecule has 1 aliphatic heterocycles. The molecule has 0 bridgehead atoms. The molecule has 1 heterocycles. The van der Waals surface area contributed by atoms with Crippen molar-refractivity contribution < 1.29 is 14.3 Å². The van der Waals surface area contributed by atoms with Gasteiger partial charge in [-0.1, -0.05) is 41.9 Å². The molecule has 0 saturated carbocycles. The van der Waals surface area contributed by atoms with Crippen LogP contribution in [-0.4, -0.2) is 12.6 Å². The maximum absolute atomic E-state index is 11.8. The topological polar surface area (TPSA) is 47.6 Å². The predicted octanol–water partition coefficient (Wildman–Crippen LogP) is 5.65. The summed E-state index contributed by atoms with van der Waals surface area (Å²) < 4.78 is 12.5. The lowest BCUT2D eigenvalue weighted by atomic mass is 9.70. The molecule has 0 amide bonds. The van der Waals surface area contributed by atoms with Crippen molar-refractivity contribution in [2.45, 2.75) is 39.8 Å². The van der Waals surface area contributed by atoms with Gasteiger partial charge in [0.1, 0.15) is 11.9 Å². The van der Waals surface area contributed by atoms with Crippen LogP contribution in [0, 0.1) is 5.41 Å². The maximum atomic E-state index is 11.8. The average Bonchev–Trinajstić information content (AvgIpc) is 2.58. The Morgan fingerprint density at radius 1 is 1.19 bits per heavy atom. The third kappa shape index (κ3) is 3.58. The normalized spacial score (nSPS) is 20.7. The van der Waals surface area contributed by atoms with Gasteiger partial charge in [-0.2, -0.15) is 0 Å². The Balaban J connectivity index is 2.08. The lowest BCUT2D eigenvalue weighted by Crippen LogP contribution is -2.40. The molecule has 138 valence electrons. The van der Waals surface area contributed by atoms with E-state index in [4.69, 9.17) is 9.47 Å². The summed E-state index contributed by atoms with van der Waals surface area (Å²) in [5, 5.41) is 3.63. The minimum Gasteiger partial charge on any atom is -0.494 e. The first-order chi connectivity index (χ1) is 12.3. The molecule has 1 aliphatic rings. The summed E-state index contributed by atoms with van der Waals surface area (Å²) in [5.74, 6) is 0.496. The molecule has 0 saturated heterocycles. The molecule has 26 heavy (non-hydrogen) atoms. The van der Waals surface area contributed by atoms with Crippen molar-refractivity contribution in [2.75, 3.05) is 11.9 Å². The minimum atomic E-state index is -0.370. The second-order valence-corrected chi connectivity index (χ2v) is 8.04. The third-order valence-corrected chi connectivity index (χ3v) is 5.35. The van der Waals surface area contributed by atoms with E-state index >= 15 is 0 Å². The van der Waals surface area contributed by atoms with Crippen LogP contribution in [0.4, 0.5) is 5.69 Å². The second-order valence-electron chi connectivity index (χ2n) is 7.12. The van der Waals surface area contributed by atoms with Gasteiger partial charge in [-0.3, -0.25) is 4.79 Å². The molecule has 2 aromatic rings. The standard InChI is InChI=1S/C21H24BrNO3/c1-5-25-16-10-11-18-17(12-16)20(26-13(2)24)21(3,4)19(23-18)14-6-8-15(22)9-7-14/h6-12,19-20,23H,5H2,1-4H3/t19-,20-/m1/s1. The number of carbonyl (C=O) groups excluding carboxylic acids is 1. The summed E-state index contributed by atoms with van der Waals surface area (Å²) in [4.78, 5) is 11.8. The fourth-order valence-electron chi connectivity index (χ4n) is 3.59. The summed E-state index contributed by atoms with van der Waals surface area (Å²) in [6.07, 6.45) is -0.370. The fourth-order valence-corrected chi connectivity index (χ4v) is 3.85. The van der Waals surface area contributed by atoms with Crippen LogP contribution in [0.3, 0.4) is 0 Å². The smallest absolute Gasteiger partial charge is 0.303 e. The molecule has 1 N–H and O–H groups in total. The van der Waals surface area contributed by atoms with Crippen LogP contribution < -0.4 is 10.1 Å². The highest BCUT2D eigenvalue weighted by Crippen LogP contribution is 2.53. The Morgan fingerprint density at radius 2 is 1.88 bits per heavy atom. The lowest BCUT2D eigenvalue weighted by molar-refractivity contribution is -0.154. The molecule has 0 unspecified atom stereocenters. The first-order valence-corrected chi connectivity index (χ1v) is 9.58. The van der Waals surface area contributed by atoms with Gasteiger partial charge in [-0.15, -0.1) is 0 Å². The van der Waals surface area contributed by atoms with Crippen molar-refractivity contribution in [3.05, 3.63) is 58.1 Å². The molecule has 0 aliphatic carbocycles. The van der Waals surface area contributed by atoms with Crippen LogP contribution in [0.15, 0.2) is 46.9 Å². The van der Waals surface area contributed by atoms with Gasteiger partial charge in [-0.05, 0) is 42.8 Å². The predicted molar refractivity (Wildman–Crippen MR) is 106 cm³/mol. The van der Waals surface area contributed by atoms with E-state index in [1.54, 1.807) is 0 Å². The van der Waals surface area contributed by atoms with Crippen molar-refractivity contribution in [3.8, 4) is 5.75 Å². The van der Waals surface area contributed by atoms with E-state index in [1.807, 2.05) is 37.3 Å². The van der Waals surface area contributed by atoms with Gasteiger partial charge in [0.05, 0.1) is 12.6 Å². The number of fused-ring (bicyclic) bond motifs is 1. The van der Waals surface area contributed by atoms with E-state index in [2.05, 4.69) is 47.2 Å². The zero-order valence-corrected chi connectivity index (χ0v) is 17.1. The summed E-state index contributed by atoms with van der Waals surface area (Å²) in [6.45, 7) is 8.25. The number of esters is 1. The second kappa shape index (κ2) is 7.31. The molecule has 4 nitrogen and oxygen atoms in total. The molecular formula is C21H24BrNO3. The highest BCUT2D eigenvalue weighted by atomic mass is 79.9. The van der Waals surface area contributed by atoms with Crippen LogP contribution in [-0.2, 0) is 9.53 Å². The number of anilines is 1. The summed E-state index contributed by atoms with van der Waals surface area (Å²) in [6, 6.07) is 14.2. The number of halogens is 1. The molecule has 0 spiro atoms. The van der Waals surface area contributed by atoms with E-state index < -0.39 is 0 Å². The summed E-state index contributed by atoms with van der Waals surface area (Å²) >= 11 is 3.49.